The number of nitrogens with two attached hydrogens (primary N) is 1. The highest BCUT2D eigenvalue weighted by Crippen LogP contribution is 2.29. The van der Waals surface area contributed by atoms with Crippen molar-refractivity contribution < 1.29 is 13.9 Å². The molecule has 0 aliphatic rings. The molecule has 0 spiro atoms. The molecule has 2 rings (SSSR count). The van der Waals surface area contributed by atoms with Crippen LogP contribution in [0.5, 0.6) is 0 Å². The zero-order valence-corrected chi connectivity index (χ0v) is 12.9. The van der Waals surface area contributed by atoms with E-state index in [-0.39, 0.29) is 16.9 Å². The van der Waals surface area contributed by atoms with Crippen molar-refractivity contribution in [3.63, 3.8) is 0 Å². The predicted molar refractivity (Wildman–Crippen MR) is 78.6 cm³/mol. The summed E-state index contributed by atoms with van der Waals surface area (Å²) in [6.07, 6.45) is 1.39. The summed E-state index contributed by atoms with van der Waals surface area (Å²) in [5.74, 6) is -1.19. The lowest BCUT2D eigenvalue weighted by Gasteiger charge is -2.12. The first-order valence-electron chi connectivity index (χ1n) is 5.86. The van der Waals surface area contributed by atoms with Crippen LogP contribution >= 0.6 is 15.9 Å². The fourth-order valence-corrected chi connectivity index (χ4v) is 2.46. The molecule has 5 nitrogen and oxygen atoms in total. The van der Waals surface area contributed by atoms with E-state index < -0.39 is 11.8 Å². The van der Waals surface area contributed by atoms with Gasteiger partial charge in [0.15, 0.2) is 5.69 Å². The smallest absolute Gasteiger partial charge is 0.357 e. The second-order valence-electron chi connectivity index (χ2n) is 4.33. The van der Waals surface area contributed by atoms with Crippen molar-refractivity contribution in [1.82, 2.24) is 4.57 Å². The van der Waals surface area contributed by atoms with Crippen LogP contribution in [-0.4, -0.2) is 17.6 Å². The number of rotatable bonds is 2. The molecular weight excluding hydrogens is 341 g/mol. The Hall–Kier alpha value is -2.33. The summed E-state index contributed by atoms with van der Waals surface area (Å²) in [5, 5.41) is 9.05. The van der Waals surface area contributed by atoms with Crippen molar-refractivity contribution in [2.45, 2.75) is 6.92 Å². The molecule has 0 bridgehead atoms. The summed E-state index contributed by atoms with van der Waals surface area (Å²) < 4.78 is 20.1. The summed E-state index contributed by atoms with van der Waals surface area (Å²) in [7, 11) is 1.21. The van der Waals surface area contributed by atoms with Gasteiger partial charge in [0.1, 0.15) is 11.9 Å². The standard InChI is InChI=1S/C14H11BrFN3O2/c1-7-3-9(15)10(16)4-11(7)19-6-8(5-17)12(18)13(19)14(20)21-2/h3-4,6H,18H2,1-2H3. The molecule has 0 unspecified atom stereocenters. The third-order valence-corrected chi connectivity index (χ3v) is 3.65. The van der Waals surface area contributed by atoms with Gasteiger partial charge >= 0.3 is 5.97 Å². The molecule has 7 heteroatoms. The number of nitrogen functional groups attached to an aromatic ring is 1. The Morgan fingerprint density at radius 1 is 1.52 bits per heavy atom. The molecule has 0 atom stereocenters. The number of nitrogens with zero attached hydrogens (tertiary/aromatic N) is 2. The summed E-state index contributed by atoms with van der Waals surface area (Å²) in [6.45, 7) is 1.75. The van der Waals surface area contributed by atoms with Gasteiger partial charge < -0.3 is 15.0 Å². The number of ether oxygens (including phenoxy) is 1. The van der Waals surface area contributed by atoms with Crippen LogP contribution in [-0.2, 0) is 4.74 Å². The molecule has 0 saturated heterocycles. The van der Waals surface area contributed by atoms with E-state index in [0.717, 1.165) is 0 Å². The second-order valence-corrected chi connectivity index (χ2v) is 5.19. The van der Waals surface area contributed by atoms with E-state index in [2.05, 4.69) is 20.7 Å². The summed E-state index contributed by atoms with van der Waals surface area (Å²) in [4.78, 5) is 11.9. The maximum absolute atomic E-state index is 13.8. The largest absolute Gasteiger partial charge is 0.464 e. The highest BCUT2D eigenvalue weighted by Gasteiger charge is 2.23. The maximum Gasteiger partial charge on any atom is 0.357 e. The average Bonchev–Trinajstić information content (AvgIpc) is 2.78. The number of aromatic nitrogens is 1. The molecule has 1 heterocycles. The van der Waals surface area contributed by atoms with Gasteiger partial charge in [-0.1, -0.05) is 0 Å². The lowest BCUT2D eigenvalue weighted by Crippen LogP contribution is -2.12. The number of carbonyl (C=O) groups is 1. The summed E-state index contributed by atoms with van der Waals surface area (Å²) in [6, 6.07) is 4.73. The molecule has 1 aromatic carbocycles. The Labute approximate surface area is 128 Å². The predicted octanol–water partition coefficient (Wildman–Crippen LogP) is 2.93. The monoisotopic (exact) mass is 351 g/mol. The van der Waals surface area contributed by atoms with Gasteiger partial charge in [0.25, 0.3) is 0 Å². The van der Waals surface area contributed by atoms with E-state index in [9.17, 15) is 9.18 Å². The zero-order valence-electron chi connectivity index (χ0n) is 11.3. The van der Waals surface area contributed by atoms with Gasteiger partial charge in [-0.25, -0.2) is 9.18 Å². The molecule has 2 N–H and O–H groups in total. The Kier molecular flexibility index (Phi) is 4.00. The van der Waals surface area contributed by atoms with Crippen LogP contribution in [0.25, 0.3) is 5.69 Å². The number of anilines is 1. The summed E-state index contributed by atoms with van der Waals surface area (Å²) >= 11 is 3.09. The number of methoxy groups -OCH3 is 1. The fraction of sp³-hybridized carbons (Fsp3) is 0.143. The topological polar surface area (TPSA) is 81.0 Å². The van der Waals surface area contributed by atoms with Crippen molar-refractivity contribution in [3.05, 3.63) is 45.4 Å². The first-order valence-corrected chi connectivity index (χ1v) is 6.65. The number of carbonyl (C=O) groups excluding carboxylic acids is 1. The highest BCUT2D eigenvalue weighted by atomic mass is 79.9. The lowest BCUT2D eigenvalue weighted by molar-refractivity contribution is 0.0593. The van der Waals surface area contributed by atoms with Crippen LogP contribution in [0.1, 0.15) is 21.6 Å². The van der Waals surface area contributed by atoms with Crippen LogP contribution in [0.4, 0.5) is 10.1 Å². The Morgan fingerprint density at radius 3 is 2.76 bits per heavy atom. The number of hydrogen-bond donors (Lipinski definition) is 1. The van der Waals surface area contributed by atoms with E-state index in [1.54, 1.807) is 13.0 Å². The second kappa shape index (κ2) is 5.58. The molecular formula is C14H11BrFN3O2. The van der Waals surface area contributed by atoms with Gasteiger partial charge in [0.05, 0.1) is 28.5 Å². The SMILES string of the molecule is COC(=O)c1c(N)c(C#N)cn1-c1cc(F)c(Br)cc1C. The van der Waals surface area contributed by atoms with Crippen LogP contribution in [0.15, 0.2) is 22.8 Å². The average molecular weight is 352 g/mol. The lowest BCUT2D eigenvalue weighted by atomic mass is 10.2. The van der Waals surface area contributed by atoms with Crippen LogP contribution in [0.3, 0.4) is 0 Å². The molecule has 1 aromatic heterocycles. The molecule has 0 aliphatic heterocycles. The third-order valence-electron chi connectivity index (χ3n) is 3.04. The highest BCUT2D eigenvalue weighted by molar-refractivity contribution is 9.10. The quantitative estimate of drug-likeness (QED) is 0.843. The molecule has 21 heavy (non-hydrogen) atoms. The van der Waals surface area contributed by atoms with Gasteiger partial charge in [-0.15, -0.1) is 0 Å². The number of nitriles is 1. The molecule has 0 radical (unpaired) electrons. The third kappa shape index (κ3) is 2.50. The first-order chi connectivity index (χ1) is 9.90. The van der Waals surface area contributed by atoms with Gasteiger partial charge in [-0.2, -0.15) is 5.26 Å². The first kappa shape index (κ1) is 15.1. The van der Waals surface area contributed by atoms with Gasteiger partial charge in [-0.3, -0.25) is 0 Å². The number of benzene rings is 1. The number of esters is 1. The minimum atomic E-state index is -0.697. The van der Waals surface area contributed by atoms with E-state index in [4.69, 9.17) is 11.0 Å². The van der Waals surface area contributed by atoms with Gasteiger partial charge in [-0.05, 0) is 40.5 Å². The minimum absolute atomic E-state index is 0.00104. The Bertz CT molecular complexity index is 778. The molecule has 0 fully saturated rings. The molecule has 0 aliphatic carbocycles. The van der Waals surface area contributed by atoms with Crippen LogP contribution in [0, 0.1) is 24.1 Å². The fourth-order valence-electron chi connectivity index (χ4n) is 2.00. The number of aryl methyl sites for hydroxylation is 1. The van der Waals surface area contributed by atoms with Crippen LogP contribution in [0.2, 0.25) is 0 Å². The van der Waals surface area contributed by atoms with Crippen molar-refractivity contribution in [2.75, 3.05) is 12.8 Å². The number of hydrogen-bond acceptors (Lipinski definition) is 4. The Morgan fingerprint density at radius 2 is 2.19 bits per heavy atom. The van der Waals surface area contributed by atoms with E-state index >= 15 is 0 Å². The van der Waals surface area contributed by atoms with Crippen molar-refractivity contribution in [3.8, 4) is 11.8 Å². The summed E-state index contributed by atoms with van der Waals surface area (Å²) in [5.41, 5.74) is 7.04. The van der Waals surface area contributed by atoms with Crippen LogP contribution < -0.4 is 5.73 Å². The van der Waals surface area contributed by atoms with Crippen molar-refractivity contribution in [2.24, 2.45) is 0 Å². The number of halogens is 2. The minimum Gasteiger partial charge on any atom is -0.464 e. The van der Waals surface area contributed by atoms with Gasteiger partial charge in [0.2, 0.25) is 0 Å². The zero-order chi connectivity index (χ0) is 15.7. The van der Waals surface area contributed by atoms with Crippen molar-refractivity contribution >= 4 is 27.6 Å². The molecule has 2 aromatic rings. The molecule has 108 valence electrons. The van der Waals surface area contributed by atoms with E-state index in [0.29, 0.717) is 15.7 Å². The molecule has 0 amide bonds. The normalized spacial score (nSPS) is 10.2. The van der Waals surface area contributed by atoms with E-state index in [1.165, 1.54) is 23.9 Å². The molecule has 0 saturated carbocycles. The Balaban J connectivity index is 2.78. The van der Waals surface area contributed by atoms with Gasteiger partial charge in [0, 0.05) is 6.20 Å². The van der Waals surface area contributed by atoms with E-state index in [1.807, 2.05) is 6.07 Å². The maximum atomic E-state index is 13.8. The van der Waals surface area contributed by atoms with Crippen molar-refractivity contribution in [1.29, 1.82) is 5.26 Å².